The number of aryl methyl sites for hydroxylation is 1. The third kappa shape index (κ3) is 4.20. The normalized spacial score (nSPS) is 15.4. The van der Waals surface area contributed by atoms with Crippen LogP contribution in [0, 0.1) is 5.92 Å². The minimum absolute atomic E-state index is 0.0147. The lowest BCUT2D eigenvalue weighted by molar-refractivity contribution is -0.121. The van der Waals surface area contributed by atoms with E-state index in [9.17, 15) is 9.59 Å². The molecule has 2 N–H and O–H groups in total. The number of nitrogens with zero attached hydrogens (tertiary/aromatic N) is 1. The highest BCUT2D eigenvalue weighted by molar-refractivity contribution is 5.77. The van der Waals surface area contributed by atoms with Gasteiger partial charge in [0.2, 0.25) is 5.91 Å². The summed E-state index contributed by atoms with van der Waals surface area (Å²) in [4.78, 5) is 31.1. The molecule has 0 radical (unpaired) electrons. The number of aromatic amines is 1. The van der Waals surface area contributed by atoms with Gasteiger partial charge in [0.05, 0.1) is 17.0 Å². The summed E-state index contributed by atoms with van der Waals surface area (Å²) in [6, 6.07) is 7.25. The van der Waals surface area contributed by atoms with Crippen LogP contribution in [0.5, 0.6) is 0 Å². The van der Waals surface area contributed by atoms with Gasteiger partial charge in [0.25, 0.3) is 5.56 Å². The molecule has 1 saturated carbocycles. The topological polar surface area (TPSA) is 84.1 Å². The number of benzene rings is 1. The zero-order valence-corrected chi connectivity index (χ0v) is 13.9. The van der Waals surface area contributed by atoms with Crippen LogP contribution in [0.1, 0.15) is 31.5 Å². The van der Waals surface area contributed by atoms with Crippen LogP contribution < -0.4 is 10.9 Å². The van der Waals surface area contributed by atoms with Gasteiger partial charge in [-0.3, -0.25) is 9.59 Å². The summed E-state index contributed by atoms with van der Waals surface area (Å²) >= 11 is 0. The Kier molecular flexibility index (Phi) is 5.25. The van der Waals surface area contributed by atoms with E-state index in [2.05, 4.69) is 15.3 Å². The predicted octanol–water partition coefficient (Wildman–Crippen LogP) is 1.79. The molecule has 3 rings (SSSR count). The third-order valence-corrected chi connectivity index (χ3v) is 4.43. The molecule has 1 aliphatic carbocycles. The summed E-state index contributed by atoms with van der Waals surface area (Å²) in [5.74, 6) is 1.24. The molecule has 2 aromatic rings. The van der Waals surface area contributed by atoms with Crippen molar-refractivity contribution in [2.75, 3.05) is 13.7 Å². The van der Waals surface area contributed by atoms with Crippen molar-refractivity contribution in [2.45, 2.75) is 38.2 Å². The molecule has 1 amide bonds. The number of fused-ring (bicyclic) bond motifs is 1. The fraction of sp³-hybridized carbons (Fsp3) is 0.500. The van der Waals surface area contributed by atoms with Gasteiger partial charge in [-0.05, 0) is 37.3 Å². The lowest BCUT2D eigenvalue weighted by Crippen LogP contribution is -2.34. The summed E-state index contributed by atoms with van der Waals surface area (Å²) in [5.41, 5.74) is 0.556. The first kappa shape index (κ1) is 16.6. The van der Waals surface area contributed by atoms with Crippen molar-refractivity contribution in [2.24, 2.45) is 5.92 Å². The van der Waals surface area contributed by atoms with Gasteiger partial charge in [-0.2, -0.15) is 0 Å². The molecule has 1 aliphatic rings. The van der Waals surface area contributed by atoms with E-state index < -0.39 is 0 Å². The van der Waals surface area contributed by atoms with E-state index in [1.54, 1.807) is 13.2 Å². The standard InChI is InChI=1S/C18H23N3O3/c1-24-15(12-9-10-12)11-19-17(22)8-4-7-16-20-14-6-3-2-5-13(14)18(23)21-16/h2-3,5-6,12,15H,4,7-11H2,1H3,(H,19,22)(H,20,21,23)/t15-/m0/s1. The molecule has 1 aromatic heterocycles. The Morgan fingerprint density at radius 3 is 2.96 bits per heavy atom. The number of nitrogens with one attached hydrogen (secondary N) is 2. The Bertz CT molecular complexity index is 767. The van der Waals surface area contributed by atoms with Gasteiger partial charge in [-0.1, -0.05) is 12.1 Å². The molecule has 24 heavy (non-hydrogen) atoms. The molecule has 1 heterocycles. The van der Waals surface area contributed by atoms with Crippen LogP contribution in [-0.2, 0) is 16.0 Å². The highest BCUT2D eigenvalue weighted by Gasteiger charge is 2.31. The van der Waals surface area contributed by atoms with Gasteiger partial charge >= 0.3 is 0 Å². The maximum atomic E-state index is 12.0. The second-order valence-corrected chi connectivity index (χ2v) is 6.30. The highest BCUT2D eigenvalue weighted by atomic mass is 16.5. The van der Waals surface area contributed by atoms with E-state index in [1.165, 1.54) is 12.8 Å². The maximum absolute atomic E-state index is 12.0. The van der Waals surface area contributed by atoms with Crippen LogP contribution >= 0.6 is 0 Å². The lowest BCUT2D eigenvalue weighted by Gasteiger charge is -2.15. The summed E-state index contributed by atoms with van der Waals surface area (Å²) in [6.45, 7) is 0.574. The van der Waals surface area contributed by atoms with E-state index in [0.29, 0.717) is 48.5 Å². The van der Waals surface area contributed by atoms with Gasteiger partial charge in [0.1, 0.15) is 5.82 Å². The number of methoxy groups -OCH3 is 1. The number of ether oxygens (including phenoxy) is 1. The van der Waals surface area contributed by atoms with Crippen LogP contribution in [0.15, 0.2) is 29.1 Å². The monoisotopic (exact) mass is 329 g/mol. The number of rotatable bonds is 8. The van der Waals surface area contributed by atoms with Crippen molar-refractivity contribution in [1.82, 2.24) is 15.3 Å². The summed E-state index contributed by atoms with van der Waals surface area (Å²) in [6.07, 6.45) is 4.15. The molecule has 0 aliphatic heterocycles. The molecule has 1 aromatic carbocycles. The first-order chi connectivity index (χ1) is 11.7. The molecule has 128 valence electrons. The summed E-state index contributed by atoms with van der Waals surface area (Å²) < 4.78 is 5.39. The number of carbonyl (C=O) groups excluding carboxylic acids is 1. The van der Waals surface area contributed by atoms with Gasteiger partial charge < -0.3 is 15.0 Å². The fourth-order valence-corrected chi connectivity index (χ4v) is 2.88. The van der Waals surface area contributed by atoms with Crippen LogP contribution in [-0.4, -0.2) is 35.6 Å². The molecule has 0 spiro atoms. The number of carbonyl (C=O) groups is 1. The van der Waals surface area contributed by atoms with E-state index in [-0.39, 0.29) is 17.6 Å². The van der Waals surface area contributed by atoms with Crippen molar-refractivity contribution < 1.29 is 9.53 Å². The summed E-state index contributed by atoms with van der Waals surface area (Å²) in [5, 5.41) is 3.51. The number of hydrogen-bond acceptors (Lipinski definition) is 4. The lowest BCUT2D eigenvalue weighted by atomic mass is 10.2. The number of hydrogen-bond donors (Lipinski definition) is 2. The molecule has 1 fully saturated rings. The zero-order valence-electron chi connectivity index (χ0n) is 13.9. The first-order valence-corrected chi connectivity index (χ1v) is 8.45. The van der Waals surface area contributed by atoms with E-state index in [4.69, 9.17) is 4.74 Å². The second kappa shape index (κ2) is 7.57. The third-order valence-electron chi connectivity index (χ3n) is 4.43. The Labute approximate surface area is 140 Å². The predicted molar refractivity (Wildman–Crippen MR) is 91.8 cm³/mol. The Balaban J connectivity index is 1.47. The van der Waals surface area contributed by atoms with E-state index in [0.717, 1.165) is 0 Å². The van der Waals surface area contributed by atoms with Crippen LogP contribution in [0.2, 0.25) is 0 Å². The van der Waals surface area contributed by atoms with Crippen LogP contribution in [0.3, 0.4) is 0 Å². The Morgan fingerprint density at radius 2 is 2.21 bits per heavy atom. The number of amides is 1. The van der Waals surface area contributed by atoms with Crippen molar-refractivity contribution in [3.63, 3.8) is 0 Å². The van der Waals surface area contributed by atoms with Crippen molar-refractivity contribution >= 4 is 16.8 Å². The van der Waals surface area contributed by atoms with Crippen molar-refractivity contribution in [1.29, 1.82) is 0 Å². The number of para-hydroxylation sites is 1. The van der Waals surface area contributed by atoms with Crippen molar-refractivity contribution in [3.05, 3.63) is 40.4 Å². The average Bonchev–Trinajstić information content (AvgIpc) is 3.41. The smallest absolute Gasteiger partial charge is 0.258 e. The molecule has 0 saturated heterocycles. The molecule has 1 atom stereocenters. The Hall–Kier alpha value is -2.21. The van der Waals surface area contributed by atoms with Crippen LogP contribution in [0.4, 0.5) is 0 Å². The molecule has 0 bridgehead atoms. The minimum Gasteiger partial charge on any atom is -0.379 e. The fourth-order valence-electron chi connectivity index (χ4n) is 2.88. The van der Waals surface area contributed by atoms with Crippen molar-refractivity contribution in [3.8, 4) is 0 Å². The molecular weight excluding hydrogens is 306 g/mol. The summed E-state index contributed by atoms with van der Waals surface area (Å²) in [7, 11) is 1.69. The van der Waals surface area contributed by atoms with Crippen LogP contribution in [0.25, 0.3) is 10.9 Å². The van der Waals surface area contributed by atoms with E-state index >= 15 is 0 Å². The first-order valence-electron chi connectivity index (χ1n) is 8.45. The Morgan fingerprint density at radius 1 is 1.42 bits per heavy atom. The van der Waals surface area contributed by atoms with E-state index in [1.807, 2.05) is 18.2 Å². The molecule has 6 heteroatoms. The molecular formula is C18H23N3O3. The highest BCUT2D eigenvalue weighted by Crippen LogP contribution is 2.33. The molecule has 0 unspecified atom stereocenters. The largest absolute Gasteiger partial charge is 0.379 e. The van der Waals surface area contributed by atoms with Gasteiger partial charge in [-0.25, -0.2) is 4.98 Å². The average molecular weight is 329 g/mol. The zero-order chi connectivity index (χ0) is 16.9. The minimum atomic E-state index is -0.132. The van der Waals surface area contributed by atoms with Gasteiger partial charge in [-0.15, -0.1) is 0 Å². The SMILES string of the molecule is CO[C@@H](CNC(=O)CCCc1nc2ccccc2c(=O)[nH]1)C1CC1. The number of aromatic nitrogens is 2. The second-order valence-electron chi connectivity index (χ2n) is 6.30. The van der Waals surface area contributed by atoms with Gasteiger partial charge in [0.15, 0.2) is 0 Å². The van der Waals surface area contributed by atoms with Gasteiger partial charge in [0, 0.05) is 26.5 Å². The number of H-pyrrole nitrogens is 1. The quantitative estimate of drug-likeness (QED) is 0.773. The maximum Gasteiger partial charge on any atom is 0.258 e. The molecule has 6 nitrogen and oxygen atoms in total.